The van der Waals surface area contributed by atoms with E-state index >= 15 is 0 Å². The Hall–Kier alpha value is -2.45. The molecule has 140 valence electrons. The van der Waals surface area contributed by atoms with Gasteiger partial charge in [-0.3, -0.25) is 0 Å². The zero-order chi connectivity index (χ0) is 19.2. The van der Waals surface area contributed by atoms with Crippen LogP contribution in [0.15, 0.2) is 48.5 Å². The Bertz CT molecular complexity index is 854. The summed E-state index contributed by atoms with van der Waals surface area (Å²) in [6, 6.07) is 12.2. The molecule has 1 unspecified atom stereocenters. The normalized spacial score (nSPS) is 12.4. The summed E-state index contributed by atoms with van der Waals surface area (Å²) in [5.74, 6) is -0.564. The van der Waals surface area contributed by atoms with Crippen molar-refractivity contribution in [2.45, 2.75) is 18.4 Å². The summed E-state index contributed by atoms with van der Waals surface area (Å²) in [7, 11) is -3.09. The summed E-state index contributed by atoms with van der Waals surface area (Å²) in [6.07, 6.45) is 0.0277. The number of hydrogen-bond acceptors (Lipinski definition) is 4. The van der Waals surface area contributed by atoms with Crippen LogP contribution in [0.25, 0.3) is 0 Å². The third kappa shape index (κ3) is 6.45. The molecule has 0 bridgehead atoms. The van der Waals surface area contributed by atoms with Gasteiger partial charge in [-0.2, -0.15) is 0 Å². The van der Waals surface area contributed by atoms with Crippen molar-refractivity contribution in [3.8, 4) is 0 Å². The Balaban J connectivity index is 1.79. The van der Waals surface area contributed by atoms with Crippen LogP contribution in [0.1, 0.15) is 22.8 Å². The summed E-state index contributed by atoms with van der Waals surface area (Å²) in [6.45, 7) is 0.112. The first-order valence-corrected chi connectivity index (χ1v) is 10.0. The fourth-order valence-corrected chi connectivity index (χ4v) is 3.14. The third-order valence-corrected chi connectivity index (χ3v) is 4.48. The second kappa shape index (κ2) is 8.77. The minimum Gasteiger partial charge on any atom is -0.386 e. The number of rotatable bonds is 7. The molecule has 0 saturated heterocycles. The number of carbonyl (C=O) groups is 1. The van der Waals surface area contributed by atoms with Crippen LogP contribution in [-0.2, 0) is 22.1 Å². The molecule has 0 aliphatic rings. The summed E-state index contributed by atoms with van der Waals surface area (Å²) in [4.78, 5) is 11.8. The topological polar surface area (TPSA) is 95.5 Å². The number of benzene rings is 2. The van der Waals surface area contributed by atoms with Crippen molar-refractivity contribution in [1.82, 2.24) is 10.6 Å². The largest absolute Gasteiger partial charge is 0.386 e. The lowest BCUT2D eigenvalue weighted by Crippen LogP contribution is -2.37. The number of hydrogen-bond donors (Lipinski definition) is 3. The molecular formula is C18H21FN2O4S. The maximum atomic E-state index is 13.5. The van der Waals surface area contributed by atoms with E-state index in [2.05, 4.69) is 10.6 Å². The molecule has 2 amide bonds. The van der Waals surface area contributed by atoms with E-state index < -0.39 is 27.8 Å². The average molecular weight is 380 g/mol. The van der Waals surface area contributed by atoms with Gasteiger partial charge in [0.05, 0.1) is 11.9 Å². The molecule has 0 aromatic heterocycles. The van der Waals surface area contributed by atoms with Crippen LogP contribution in [0.4, 0.5) is 9.18 Å². The number of halogens is 1. The van der Waals surface area contributed by atoms with Gasteiger partial charge in [0.1, 0.15) is 5.82 Å². The SMILES string of the molecule is CS(=O)(=O)Cc1ccc(CNC(=O)NCC(O)c2ccccc2F)cc1. The van der Waals surface area contributed by atoms with E-state index in [9.17, 15) is 22.7 Å². The average Bonchev–Trinajstić information content (AvgIpc) is 2.58. The molecule has 0 heterocycles. The molecule has 2 rings (SSSR count). The van der Waals surface area contributed by atoms with E-state index in [1.54, 1.807) is 30.3 Å². The molecular weight excluding hydrogens is 359 g/mol. The molecule has 0 aliphatic carbocycles. The molecule has 1 atom stereocenters. The molecule has 2 aromatic carbocycles. The van der Waals surface area contributed by atoms with Gasteiger partial charge in [-0.25, -0.2) is 17.6 Å². The van der Waals surface area contributed by atoms with E-state index in [1.807, 2.05) is 0 Å². The highest BCUT2D eigenvalue weighted by Crippen LogP contribution is 2.15. The lowest BCUT2D eigenvalue weighted by Gasteiger charge is -2.13. The fourth-order valence-electron chi connectivity index (χ4n) is 2.35. The smallest absolute Gasteiger partial charge is 0.315 e. The highest BCUT2D eigenvalue weighted by molar-refractivity contribution is 7.89. The fraction of sp³-hybridized carbons (Fsp3) is 0.278. The van der Waals surface area contributed by atoms with Crippen LogP contribution in [-0.4, -0.2) is 32.4 Å². The Morgan fingerprint density at radius 2 is 1.69 bits per heavy atom. The van der Waals surface area contributed by atoms with E-state index in [0.717, 1.165) is 5.56 Å². The first-order chi connectivity index (χ1) is 12.2. The van der Waals surface area contributed by atoms with E-state index in [1.165, 1.54) is 24.5 Å². The predicted molar refractivity (Wildman–Crippen MR) is 96.6 cm³/mol. The highest BCUT2D eigenvalue weighted by Gasteiger charge is 2.13. The van der Waals surface area contributed by atoms with Gasteiger partial charge in [-0.15, -0.1) is 0 Å². The number of sulfone groups is 1. The number of carbonyl (C=O) groups excluding carboxylic acids is 1. The number of aliphatic hydroxyl groups is 1. The summed E-state index contributed by atoms with van der Waals surface area (Å²) < 4.78 is 36.0. The monoisotopic (exact) mass is 380 g/mol. The minimum atomic E-state index is -3.09. The van der Waals surface area contributed by atoms with Crippen LogP contribution in [0.3, 0.4) is 0 Å². The zero-order valence-electron chi connectivity index (χ0n) is 14.3. The number of aliphatic hydroxyl groups excluding tert-OH is 1. The molecule has 2 aromatic rings. The zero-order valence-corrected chi connectivity index (χ0v) is 15.1. The van der Waals surface area contributed by atoms with Crippen LogP contribution in [0.2, 0.25) is 0 Å². The van der Waals surface area contributed by atoms with Crippen molar-refractivity contribution >= 4 is 15.9 Å². The van der Waals surface area contributed by atoms with Crippen LogP contribution >= 0.6 is 0 Å². The van der Waals surface area contributed by atoms with Gasteiger partial charge in [0.2, 0.25) is 0 Å². The van der Waals surface area contributed by atoms with Gasteiger partial charge in [0, 0.05) is 24.9 Å². The van der Waals surface area contributed by atoms with Crippen LogP contribution in [0.5, 0.6) is 0 Å². The maximum Gasteiger partial charge on any atom is 0.315 e. The predicted octanol–water partition coefficient (Wildman–Crippen LogP) is 1.90. The molecule has 0 fully saturated rings. The van der Waals surface area contributed by atoms with Gasteiger partial charge in [-0.05, 0) is 17.2 Å². The first-order valence-electron chi connectivity index (χ1n) is 7.94. The van der Waals surface area contributed by atoms with Crippen molar-refractivity contribution < 1.29 is 22.7 Å². The Morgan fingerprint density at radius 1 is 1.08 bits per heavy atom. The Morgan fingerprint density at radius 3 is 2.31 bits per heavy atom. The first kappa shape index (κ1) is 19.9. The molecule has 26 heavy (non-hydrogen) atoms. The molecule has 3 N–H and O–H groups in total. The van der Waals surface area contributed by atoms with E-state index in [4.69, 9.17) is 0 Å². The van der Waals surface area contributed by atoms with Crippen LogP contribution < -0.4 is 10.6 Å². The molecule has 0 aliphatic heterocycles. The Kier molecular flexibility index (Phi) is 6.70. The van der Waals surface area contributed by atoms with Crippen LogP contribution in [0, 0.1) is 5.82 Å². The number of urea groups is 1. The van der Waals surface area contributed by atoms with Gasteiger partial charge in [-0.1, -0.05) is 42.5 Å². The molecule has 0 spiro atoms. The van der Waals surface area contributed by atoms with Crippen molar-refractivity contribution in [2.75, 3.05) is 12.8 Å². The van der Waals surface area contributed by atoms with Gasteiger partial charge in [0.15, 0.2) is 9.84 Å². The standard InChI is InChI=1S/C18H21FN2O4S/c1-26(24,25)12-14-8-6-13(7-9-14)10-20-18(23)21-11-17(22)15-4-2-3-5-16(15)19/h2-9,17,22H,10-12H2,1H3,(H2,20,21,23). The van der Waals surface area contributed by atoms with E-state index in [0.29, 0.717) is 5.56 Å². The summed E-state index contributed by atoms with van der Waals surface area (Å²) >= 11 is 0. The summed E-state index contributed by atoms with van der Waals surface area (Å²) in [5, 5.41) is 15.0. The quantitative estimate of drug-likeness (QED) is 0.684. The molecule has 0 saturated carbocycles. The summed E-state index contributed by atoms with van der Waals surface area (Å²) in [5.41, 5.74) is 1.59. The molecule has 0 radical (unpaired) electrons. The van der Waals surface area contributed by atoms with Crippen molar-refractivity contribution in [2.24, 2.45) is 0 Å². The maximum absolute atomic E-state index is 13.5. The third-order valence-electron chi connectivity index (χ3n) is 3.63. The van der Waals surface area contributed by atoms with Gasteiger partial charge < -0.3 is 15.7 Å². The van der Waals surface area contributed by atoms with Crippen molar-refractivity contribution in [1.29, 1.82) is 0 Å². The second-order valence-corrected chi connectivity index (χ2v) is 8.13. The molecule has 6 nitrogen and oxygen atoms in total. The van der Waals surface area contributed by atoms with Crippen molar-refractivity contribution in [3.05, 3.63) is 71.0 Å². The number of nitrogens with one attached hydrogen (secondary N) is 2. The van der Waals surface area contributed by atoms with E-state index in [-0.39, 0.29) is 24.4 Å². The highest BCUT2D eigenvalue weighted by atomic mass is 32.2. The second-order valence-electron chi connectivity index (χ2n) is 5.99. The Labute approximate surface area is 152 Å². The van der Waals surface area contributed by atoms with Gasteiger partial charge in [0.25, 0.3) is 0 Å². The lowest BCUT2D eigenvalue weighted by atomic mass is 10.1. The minimum absolute atomic E-state index is 0.0326. The molecule has 8 heteroatoms. The lowest BCUT2D eigenvalue weighted by molar-refractivity contribution is 0.169. The van der Waals surface area contributed by atoms with Crippen molar-refractivity contribution in [3.63, 3.8) is 0 Å². The number of amides is 2. The van der Waals surface area contributed by atoms with Gasteiger partial charge >= 0.3 is 6.03 Å².